The number of halogens is 1. The number of aliphatic imine (C=N–C) groups is 1. The van der Waals surface area contributed by atoms with Gasteiger partial charge in [0.05, 0.1) is 12.8 Å². The molecule has 2 aromatic carbocycles. The van der Waals surface area contributed by atoms with Crippen molar-refractivity contribution in [3.63, 3.8) is 0 Å². The highest BCUT2D eigenvalue weighted by Gasteiger charge is 2.19. The van der Waals surface area contributed by atoms with Crippen molar-refractivity contribution in [2.24, 2.45) is 4.99 Å². The van der Waals surface area contributed by atoms with Gasteiger partial charge in [0.15, 0.2) is 11.7 Å². The first-order chi connectivity index (χ1) is 15.7. The van der Waals surface area contributed by atoms with E-state index in [-0.39, 0.29) is 29.9 Å². The van der Waals surface area contributed by atoms with Crippen LogP contribution in [0.3, 0.4) is 0 Å². The summed E-state index contributed by atoms with van der Waals surface area (Å²) in [6.45, 7) is 7.29. The minimum absolute atomic E-state index is 0. The van der Waals surface area contributed by atoms with E-state index >= 15 is 0 Å². The summed E-state index contributed by atoms with van der Waals surface area (Å²) in [7, 11) is 0. The van der Waals surface area contributed by atoms with Gasteiger partial charge in [0.25, 0.3) is 5.91 Å². The molecule has 2 N–H and O–H groups in total. The molecule has 1 fully saturated rings. The van der Waals surface area contributed by atoms with Crippen LogP contribution in [0.4, 0.5) is 11.4 Å². The van der Waals surface area contributed by atoms with Gasteiger partial charge in [-0.15, -0.1) is 24.0 Å². The molecule has 33 heavy (non-hydrogen) atoms. The van der Waals surface area contributed by atoms with Crippen LogP contribution in [0.5, 0.6) is 0 Å². The molecule has 0 bridgehead atoms. The van der Waals surface area contributed by atoms with Crippen molar-refractivity contribution in [3.8, 4) is 0 Å². The Kier molecular flexibility index (Phi) is 9.17. The summed E-state index contributed by atoms with van der Waals surface area (Å²) in [5.74, 6) is 0.974. The first-order valence-electron chi connectivity index (χ1n) is 11.0. The zero-order valence-corrected chi connectivity index (χ0v) is 21.1. The quantitative estimate of drug-likeness (QED) is 0.266. The number of para-hydroxylation sites is 1. The van der Waals surface area contributed by atoms with Crippen LogP contribution in [0.2, 0.25) is 0 Å². The van der Waals surface area contributed by atoms with Crippen LogP contribution in [0, 0.1) is 0 Å². The van der Waals surface area contributed by atoms with Crippen LogP contribution in [0.1, 0.15) is 23.0 Å². The van der Waals surface area contributed by atoms with Gasteiger partial charge < -0.3 is 24.9 Å². The molecule has 1 aliphatic rings. The Bertz CT molecular complexity index is 1010. The zero-order chi connectivity index (χ0) is 22.2. The van der Waals surface area contributed by atoms with E-state index in [0.717, 1.165) is 49.9 Å². The van der Waals surface area contributed by atoms with Crippen LogP contribution in [0.15, 0.2) is 82.4 Å². The van der Waals surface area contributed by atoms with Gasteiger partial charge in [0.2, 0.25) is 0 Å². The van der Waals surface area contributed by atoms with Crippen molar-refractivity contribution < 1.29 is 9.21 Å². The number of hydrogen-bond donors (Lipinski definition) is 2. The predicted octanol–water partition coefficient (Wildman–Crippen LogP) is 4.44. The minimum atomic E-state index is -0.259. The Labute approximate surface area is 211 Å². The van der Waals surface area contributed by atoms with Crippen molar-refractivity contribution in [1.82, 2.24) is 10.2 Å². The predicted molar refractivity (Wildman–Crippen MR) is 144 cm³/mol. The molecule has 4 rings (SSSR count). The van der Waals surface area contributed by atoms with E-state index in [2.05, 4.69) is 57.7 Å². The number of nitrogens with one attached hydrogen (secondary N) is 2. The third kappa shape index (κ3) is 6.74. The number of carbonyl (C=O) groups excluding carboxylic acids is 1. The molecule has 0 saturated carbocycles. The van der Waals surface area contributed by atoms with Crippen LogP contribution >= 0.6 is 24.0 Å². The SMILES string of the molecule is CCNC(=NCc1ccc(NC(=O)c2ccco2)cc1)N1CCN(c2ccccc2)CC1.I. The summed E-state index contributed by atoms with van der Waals surface area (Å²) < 4.78 is 5.12. The Morgan fingerprint density at radius 2 is 1.70 bits per heavy atom. The summed E-state index contributed by atoms with van der Waals surface area (Å²) in [4.78, 5) is 21.7. The van der Waals surface area contributed by atoms with Gasteiger partial charge in [-0.2, -0.15) is 0 Å². The average molecular weight is 559 g/mol. The molecule has 8 heteroatoms. The monoisotopic (exact) mass is 559 g/mol. The molecule has 1 saturated heterocycles. The van der Waals surface area contributed by atoms with Crippen molar-refractivity contribution in [2.45, 2.75) is 13.5 Å². The number of anilines is 2. The molecule has 174 valence electrons. The number of rotatable bonds is 6. The average Bonchev–Trinajstić information content (AvgIpc) is 3.39. The Hall–Kier alpha value is -3.01. The highest BCUT2D eigenvalue weighted by Crippen LogP contribution is 2.16. The Morgan fingerprint density at radius 3 is 2.33 bits per heavy atom. The summed E-state index contributed by atoms with van der Waals surface area (Å²) in [6, 6.07) is 21.6. The topological polar surface area (TPSA) is 73.1 Å². The fourth-order valence-electron chi connectivity index (χ4n) is 3.70. The van der Waals surface area contributed by atoms with Gasteiger partial charge in [0.1, 0.15) is 0 Å². The molecule has 0 atom stereocenters. The molecular formula is C25H30IN5O2. The lowest BCUT2D eigenvalue weighted by molar-refractivity contribution is 0.0996. The van der Waals surface area contributed by atoms with Crippen LogP contribution in [0.25, 0.3) is 0 Å². The van der Waals surface area contributed by atoms with Gasteiger partial charge in [-0.1, -0.05) is 30.3 Å². The zero-order valence-electron chi connectivity index (χ0n) is 18.7. The molecule has 7 nitrogen and oxygen atoms in total. The first kappa shape index (κ1) is 24.6. The van der Waals surface area contributed by atoms with E-state index in [1.54, 1.807) is 12.1 Å². The molecular weight excluding hydrogens is 529 g/mol. The number of benzene rings is 2. The van der Waals surface area contributed by atoms with Gasteiger partial charge in [-0.25, -0.2) is 4.99 Å². The first-order valence-corrected chi connectivity index (χ1v) is 11.0. The maximum absolute atomic E-state index is 12.1. The Balaban J connectivity index is 0.00000306. The molecule has 3 aromatic rings. The summed E-state index contributed by atoms with van der Waals surface area (Å²) >= 11 is 0. The number of hydrogen-bond acceptors (Lipinski definition) is 4. The number of furan rings is 1. The fraction of sp³-hybridized carbons (Fsp3) is 0.280. The highest BCUT2D eigenvalue weighted by atomic mass is 127. The maximum Gasteiger partial charge on any atom is 0.291 e. The molecule has 0 unspecified atom stereocenters. The standard InChI is InChI=1S/C25H29N5O2.HI/c1-2-26-25(30-16-14-29(15-17-30)22-7-4-3-5-8-22)27-19-20-10-12-21(13-11-20)28-24(31)23-9-6-18-32-23;/h3-13,18H,2,14-17,19H2,1H3,(H,26,27)(H,28,31);1H. The van der Waals surface area contributed by atoms with Crippen molar-refractivity contribution in [1.29, 1.82) is 0 Å². The summed E-state index contributed by atoms with van der Waals surface area (Å²) in [5, 5.41) is 6.25. The lowest BCUT2D eigenvalue weighted by Crippen LogP contribution is -2.52. The van der Waals surface area contributed by atoms with Crippen LogP contribution in [-0.4, -0.2) is 49.5 Å². The molecule has 0 spiro atoms. The summed E-state index contributed by atoms with van der Waals surface area (Å²) in [5.41, 5.74) is 3.08. The Morgan fingerprint density at radius 1 is 0.970 bits per heavy atom. The van der Waals surface area contributed by atoms with E-state index in [4.69, 9.17) is 9.41 Å². The van der Waals surface area contributed by atoms with E-state index < -0.39 is 0 Å². The number of guanidine groups is 1. The number of piperazine rings is 1. The minimum Gasteiger partial charge on any atom is -0.459 e. The third-order valence-electron chi connectivity index (χ3n) is 5.40. The molecule has 1 aliphatic heterocycles. The van der Waals surface area contributed by atoms with Crippen molar-refractivity contribution >= 4 is 47.2 Å². The van der Waals surface area contributed by atoms with E-state index in [0.29, 0.717) is 12.3 Å². The smallest absolute Gasteiger partial charge is 0.291 e. The van der Waals surface area contributed by atoms with E-state index in [1.165, 1.54) is 12.0 Å². The highest BCUT2D eigenvalue weighted by molar-refractivity contribution is 14.0. The van der Waals surface area contributed by atoms with Crippen molar-refractivity contribution in [3.05, 3.63) is 84.3 Å². The number of amides is 1. The largest absolute Gasteiger partial charge is 0.459 e. The van der Waals surface area contributed by atoms with Gasteiger partial charge in [0, 0.05) is 44.1 Å². The number of carbonyl (C=O) groups is 1. The van der Waals surface area contributed by atoms with E-state index in [9.17, 15) is 4.79 Å². The van der Waals surface area contributed by atoms with Crippen LogP contribution < -0.4 is 15.5 Å². The number of nitrogens with zero attached hydrogens (tertiary/aromatic N) is 3. The lowest BCUT2D eigenvalue weighted by Gasteiger charge is -2.37. The molecule has 2 heterocycles. The van der Waals surface area contributed by atoms with Gasteiger partial charge in [-0.05, 0) is 48.9 Å². The van der Waals surface area contributed by atoms with Crippen LogP contribution in [-0.2, 0) is 6.54 Å². The third-order valence-corrected chi connectivity index (χ3v) is 5.40. The van der Waals surface area contributed by atoms with Gasteiger partial charge >= 0.3 is 0 Å². The molecule has 0 radical (unpaired) electrons. The normalized spacial score (nSPS) is 13.9. The molecule has 1 amide bonds. The second-order valence-electron chi connectivity index (χ2n) is 7.61. The molecule has 1 aromatic heterocycles. The second-order valence-corrected chi connectivity index (χ2v) is 7.61. The molecule has 0 aliphatic carbocycles. The maximum atomic E-state index is 12.1. The van der Waals surface area contributed by atoms with Gasteiger partial charge in [-0.3, -0.25) is 4.79 Å². The lowest BCUT2D eigenvalue weighted by atomic mass is 10.2. The fourth-order valence-corrected chi connectivity index (χ4v) is 3.70. The van der Waals surface area contributed by atoms with Crippen molar-refractivity contribution in [2.75, 3.05) is 42.9 Å². The van der Waals surface area contributed by atoms with E-state index in [1.807, 2.05) is 24.3 Å². The second kappa shape index (κ2) is 12.3. The summed E-state index contributed by atoms with van der Waals surface area (Å²) in [6.07, 6.45) is 1.49.